The largest absolute Gasteiger partial charge is 0.465 e. The second kappa shape index (κ2) is 12.8. The molecule has 188 valence electrons. The molecular weight excluding hydrogens is 537 g/mol. The van der Waals surface area contributed by atoms with E-state index in [1.165, 1.54) is 0 Å². The fourth-order valence-electron chi connectivity index (χ4n) is 4.05. The van der Waals surface area contributed by atoms with E-state index in [4.69, 9.17) is 18.9 Å². The van der Waals surface area contributed by atoms with Crippen LogP contribution in [0.5, 0.6) is 0 Å². The molecule has 1 aromatic heterocycles. The van der Waals surface area contributed by atoms with E-state index in [2.05, 4.69) is 33.4 Å². The molecule has 1 aromatic rings. The summed E-state index contributed by atoms with van der Waals surface area (Å²) in [6.07, 6.45) is 0.486. The number of amides is 1. The van der Waals surface area contributed by atoms with Crippen LogP contribution < -0.4 is 10.6 Å². The predicted octanol–water partition coefficient (Wildman–Crippen LogP) is 3.14. The highest BCUT2D eigenvalue weighted by Gasteiger charge is 2.29. The van der Waals surface area contributed by atoms with E-state index in [0.29, 0.717) is 13.1 Å². The molecule has 0 aliphatic carbocycles. The first kappa shape index (κ1) is 27.7. The smallest absolute Gasteiger partial charge is 0.407 e. The Labute approximate surface area is 214 Å². The minimum Gasteiger partial charge on any atom is -0.465 e. The molecule has 9 nitrogen and oxygen atoms in total. The van der Waals surface area contributed by atoms with Crippen molar-refractivity contribution >= 4 is 36.0 Å². The van der Waals surface area contributed by atoms with Gasteiger partial charge in [0, 0.05) is 32.7 Å². The van der Waals surface area contributed by atoms with Gasteiger partial charge in [-0.3, -0.25) is 9.89 Å². The lowest BCUT2D eigenvalue weighted by molar-refractivity contribution is 0.0135. The van der Waals surface area contributed by atoms with Crippen molar-refractivity contribution in [3.8, 4) is 0 Å². The number of nitrogens with zero attached hydrogens (tertiary/aromatic N) is 3. The summed E-state index contributed by atoms with van der Waals surface area (Å²) in [5, 5.41) is 6.39. The van der Waals surface area contributed by atoms with Crippen molar-refractivity contribution in [2.75, 3.05) is 52.5 Å². The van der Waals surface area contributed by atoms with E-state index in [1.807, 2.05) is 33.8 Å². The van der Waals surface area contributed by atoms with Gasteiger partial charge in [-0.1, -0.05) is 0 Å². The zero-order valence-corrected chi connectivity index (χ0v) is 22.9. The molecule has 3 heterocycles. The molecule has 2 unspecified atom stereocenters. The molecule has 0 radical (unpaired) electrons. The molecule has 33 heavy (non-hydrogen) atoms. The minimum absolute atomic E-state index is 0. The Morgan fingerprint density at radius 1 is 1.27 bits per heavy atom. The van der Waals surface area contributed by atoms with Crippen LogP contribution in [0, 0.1) is 6.92 Å². The van der Waals surface area contributed by atoms with Gasteiger partial charge in [0.1, 0.15) is 17.1 Å². The van der Waals surface area contributed by atoms with Gasteiger partial charge in [-0.15, -0.1) is 24.0 Å². The molecule has 2 N–H and O–H groups in total. The monoisotopic (exact) mass is 577 g/mol. The van der Waals surface area contributed by atoms with Gasteiger partial charge in [0.05, 0.1) is 31.8 Å². The molecule has 10 heteroatoms. The zero-order valence-electron chi connectivity index (χ0n) is 20.6. The highest BCUT2D eigenvalue weighted by atomic mass is 127. The summed E-state index contributed by atoms with van der Waals surface area (Å²) in [7, 11) is 0. The van der Waals surface area contributed by atoms with E-state index in [9.17, 15) is 4.79 Å². The first-order chi connectivity index (χ1) is 15.2. The van der Waals surface area contributed by atoms with Crippen LogP contribution in [-0.4, -0.2) is 86.0 Å². The number of aryl methyl sites for hydroxylation is 1. The van der Waals surface area contributed by atoms with Gasteiger partial charge >= 0.3 is 6.09 Å². The number of morpholine rings is 1. The quantitative estimate of drug-likeness (QED) is 0.305. The number of halogens is 1. The molecule has 2 saturated heterocycles. The third-order valence-corrected chi connectivity index (χ3v) is 5.53. The SMILES string of the molecule is CCNC(=NCC(c1ccc(C)o1)N1CCOCC1)N1CCC(NC(=O)OC(C)(C)C)C1.I. The van der Waals surface area contributed by atoms with Crippen molar-refractivity contribution in [3.05, 3.63) is 23.7 Å². The van der Waals surface area contributed by atoms with Gasteiger partial charge in [-0.2, -0.15) is 0 Å². The number of ether oxygens (including phenoxy) is 2. The summed E-state index contributed by atoms with van der Waals surface area (Å²) < 4.78 is 16.9. The van der Waals surface area contributed by atoms with Crippen LogP contribution >= 0.6 is 24.0 Å². The van der Waals surface area contributed by atoms with Crippen molar-refractivity contribution in [1.29, 1.82) is 0 Å². The topological polar surface area (TPSA) is 91.6 Å². The zero-order chi connectivity index (χ0) is 23.1. The number of hydrogen-bond acceptors (Lipinski definition) is 6. The van der Waals surface area contributed by atoms with Crippen molar-refractivity contribution in [2.45, 2.75) is 58.7 Å². The van der Waals surface area contributed by atoms with Gasteiger partial charge < -0.3 is 29.4 Å². The minimum atomic E-state index is -0.503. The lowest BCUT2D eigenvalue weighted by Gasteiger charge is -2.33. The summed E-state index contributed by atoms with van der Waals surface area (Å²) in [4.78, 5) is 21.7. The molecule has 2 fully saturated rings. The second-order valence-corrected chi connectivity index (χ2v) is 9.39. The average molecular weight is 578 g/mol. The van der Waals surface area contributed by atoms with Crippen LogP contribution in [-0.2, 0) is 9.47 Å². The maximum Gasteiger partial charge on any atom is 0.407 e. The van der Waals surface area contributed by atoms with E-state index in [-0.39, 0.29) is 42.2 Å². The highest BCUT2D eigenvalue weighted by Crippen LogP contribution is 2.24. The Morgan fingerprint density at radius 2 is 2.00 bits per heavy atom. The number of likely N-dealkylation sites (tertiary alicyclic amines) is 1. The fraction of sp³-hybridized carbons (Fsp3) is 0.739. The van der Waals surface area contributed by atoms with Crippen LogP contribution in [0.4, 0.5) is 4.79 Å². The van der Waals surface area contributed by atoms with E-state index in [1.54, 1.807) is 0 Å². The van der Waals surface area contributed by atoms with E-state index < -0.39 is 5.60 Å². The fourth-order valence-corrected chi connectivity index (χ4v) is 4.05. The van der Waals surface area contributed by atoms with E-state index >= 15 is 0 Å². The number of carbonyl (C=O) groups excluding carboxylic acids is 1. The first-order valence-electron chi connectivity index (χ1n) is 11.7. The van der Waals surface area contributed by atoms with Crippen LogP contribution in [0.2, 0.25) is 0 Å². The van der Waals surface area contributed by atoms with Crippen molar-refractivity contribution in [3.63, 3.8) is 0 Å². The predicted molar refractivity (Wildman–Crippen MR) is 139 cm³/mol. The van der Waals surface area contributed by atoms with Crippen molar-refractivity contribution < 1.29 is 18.7 Å². The molecule has 0 aromatic carbocycles. The molecule has 2 atom stereocenters. The number of rotatable bonds is 6. The molecule has 2 aliphatic rings. The summed E-state index contributed by atoms with van der Waals surface area (Å²) >= 11 is 0. The van der Waals surface area contributed by atoms with Gasteiger partial charge in [0.25, 0.3) is 0 Å². The lowest BCUT2D eigenvalue weighted by Crippen LogP contribution is -2.45. The number of guanidine groups is 1. The third kappa shape index (κ3) is 8.64. The Hall–Kier alpha value is -1.53. The summed E-state index contributed by atoms with van der Waals surface area (Å²) in [5.74, 6) is 2.71. The first-order valence-corrected chi connectivity index (χ1v) is 11.7. The average Bonchev–Trinajstić information content (AvgIpc) is 3.36. The molecule has 2 aliphatic heterocycles. The molecule has 0 spiro atoms. The summed E-state index contributed by atoms with van der Waals surface area (Å²) in [5.41, 5.74) is -0.503. The van der Waals surface area contributed by atoms with Crippen LogP contribution in [0.15, 0.2) is 21.5 Å². The molecular formula is C23H40IN5O4. The Balaban J connectivity index is 0.00000385. The Morgan fingerprint density at radius 3 is 2.61 bits per heavy atom. The van der Waals surface area contributed by atoms with Crippen LogP contribution in [0.25, 0.3) is 0 Å². The lowest BCUT2D eigenvalue weighted by atomic mass is 10.1. The van der Waals surface area contributed by atoms with Gasteiger partial charge in [-0.25, -0.2) is 4.79 Å². The number of alkyl carbamates (subject to hydrolysis) is 1. The molecule has 0 saturated carbocycles. The maximum atomic E-state index is 12.1. The second-order valence-electron chi connectivity index (χ2n) is 9.39. The van der Waals surface area contributed by atoms with Crippen molar-refractivity contribution in [2.24, 2.45) is 4.99 Å². The number of nitrogens with one attached hydrogen (secondary N) is 2. The van der Waals surface area contributed by atoms with Gasteiger partial charge in [-0.05, 0) is 53.2 Å². The van der Waals surface area contributed by atoms with Crippen LogP contribution in [0.1, 0.15) is 51.7 Å². The normalized spacial score (nSPS) is 20.8. The highest BCUT2D eigenvalue weighted by molar-refractivity contribution is 14.0. The van der Waals surface area contributed by atoms with Crippen molar-refractivity contribution in [1.82, 2.24) is 20.4 Å². The number of aliphatic imine (C=N–C) groups is 1. The molecule has 0 bridgehead atoms. The van der Waals surface area contributed by atoms with E-state index in [0.717, 1.165) is 63.3 Å². The van der Waals surface area contributed by atoms with Gasteiger partial charge in [0.15, 0.2) is 5.96 Å². The third-order valence-electron chi connectivity index (χ3n) is 5.53. The number of hydrogen-bond donors (Lipinski definition) is 2. The molecule has 3 rings (SSSR count). The number of carbonyl (C=O) groups is 1. The molecule has 1 amide bonds. The number of furan rings is 1. The summed E-state index contributed by atoms with van der Waals surface area (Å²) in [6.45, 7) is 15.7. The summed E-state index contributed by atoms with van der Waals surface area (Å²) in [6, 6.07) is 4.16. The standard InChI is InChI=1S/C23H39N5O4.HI/c1-6-24-21(28-10-9-18(16-28)26-22(29)32-23(3,4)5)25-15-19(20-8-7-17(2)31-20)27-11-13-30-14-12-27;/h7-8,18-19H,6,9-16H2,1-5H3,(H,24,25)(H,26,29);1H. The van der Waals surface area contributed by atoms with Gasteiger partial charge in [0.2, 0.25) is 0 Å². The Kier molecular flexibility index (Phi) is 10.7. The van der Waals surface area contributed by atoms with Crippen LogP contribution in [0.3, 0.4) is 0 Å². The maximum absolute atomic E-state index is 12.1. The Bertz CT molecular complexity index is 773.